The number of ether oxygens (including phenoxy) is 1. The molecule has 0 unspecified atom stereocenters. The molecule has 0 atom stereocenters. The molecule has 3 rings (SSSR count). The van der Waals surface area contributed by atoms with E-state index in [1.807, 2.05) is 60.7 Å². The minimum absolute atomic E-state index is 0.215. The second kappa shape index (κ2) is 11.3. The van der Waals surface area contributed by atoms with Crippen molar-refractivity contribution in [1.29, 1.82) is 0 Å². The van der Waals surface area contributed by atoms with Gasteiger partial charge in [-0.3, -0.25) is 9.78 Å². The van der Waals surface area contributed by atoms with Crippen LogP contribution < -0.4 is 15.4 Å². The number of carbonyl (C=O) groups excluding carboxylic acids is 1. The number of rotatable bonds is 6. The van der Waals surface area contributed by atoms with Gasteiger partial charge in [-0.15, -0.1) is 0 Å². The Labute approximate surface area is 181 Å². The van der Waals surface area contributed by atoms with E-state index >= 15 is 0 Å². The largest absolute Gasteiger partial charge is 0.497 e. The average Bonchev–Trinajstić information content (AvgIpc) is 2.78. The van der Waals surface area contributed by atoms with Crippen molar-refractivity contribution in [3.8, 4) is 5.75 Å². The first-order chi connectivity index (χ1) is 15.2. The molecule has 1 amide bonds. The predicted octanol–water partition coefficient (Wildman–Crippen LogP) is 4.40. The third-order valence-electron chi connectivity index (χ3n) is 3.91. The second-order valence-electron chi connectivity index (χ2n) is 6.25. The third kappa shape index (κ3) is 7.98. The van der Waals surface area contributed by atoms with E-state index in [4.69, 9.17) is 14.6 Å². The van der Waals surface area contributed by atoms with Crippen LogP contribution in [0, 0.1) is 0 Å². The molecule has 0 spiro atoms. The van der Waals surface area contributed by atoms with Crippen molar-refractivity contribution < 1.29 is 32.6 Å². The van der Waals surface area contributed by atoms with Crippen molar-refractivity contribution in [2.45, 2.75) is 12.7 Å². The van der Waals surface area contributed by atoms with Crippen molar-refractivity contribution in [3.05, 3.63) is 84.2 Å². The fraction of sp³-hybridized carbons (Fsp3) is 0.136. The van der Waals surface area contributed by atoms with Crippen LogP contribution in [-0.2, 0) is 11.3 Å². The summed E-state index contributed by atoms with van der Waals surface area (Å²) in [5.41, 5.74) is 3.14. The van der Waals surface area contributed by atoms with Crippen molar-refractivity contribution in [2.24, 2.45) is 0 Å². The Hall–Kier alpha value is -4.08. The average molecular weight is 447 g/mol. The Morgan fingerprint density at radius 2 is 1.62 bits per heavy atom. The molecule has 1 heterocycles. The lowest BCUT2D eigenvalue weighted by Crippen LogP contribution is -2.23. The molecular weight excluding hydrogens is 427 g/mol. The van der Waals surface area contributed by atoms with Crippen LogP contribution >= 0.6 is 0 Å². The molecule has 3 aromatic rings. The highest BCUT2D eigenvalue weighted by molar-refractivity contribution is 5.93. The van der Waals surface area contributed by atoms with Gasteiger partial charge in [-0.1, -0.05) is 30.3 Å². The predicted molar refractivity (Wildman–Crippen MR) is 112 cm³/mol. The number of anilines is 2. The summed E-state index contributed by atoms with van der Waals surface area (Å²) in [6.07, 6.45) is -3.46. The van der Waals surface area contributed by atoms with Gasteiger partial charge < -0.3 is 20.5 Å². The number of carboxylic acid groups (broad SMARTS) is 1. The number of nitrogens with zero attached hydrogens (tertiary/aromatic N) is 1. The first-order valence-electron chi connectivity index (χ1n) is 9.18. The number of carboxylic acids is 1. The Kier molecular flexibility index (Phi) is 8.58. The zero-order valence-electron chi connectivity index (χ0n) is 16.9. The van der Waals surface area contributed by atoms with Crippen LogP contribution in [0.25, 0.3) is 0 Å². The number of carbonyl (C=O) groups is 2. The van der Waals surface area contributed by atoms with Gasteiger partial charge in [-0.2, -0.15) is 13.2 Å². The monoisotopic (exact) mass is 447 g/mol. The highest BCUT2D eigenvalue weighted by Crippen LogP contribution is 2.16. The summed E-state index contributed by atoms with van der Waals surface area (Å²) in [6.45, 7) is 0.431. The maximum atomic E-state index is 12.3. The minimum atomic E-state index is -5.08. The lowest BCUT2D eigenvalue weighted by atomic mass is 10.2. The summed E-state index contributed by atoms with van der Waals surface area (Å²) in [5, 5.41) is 13.3. The molecular formula is C22H20F3N3O4. The Morgan fingerprint density at radius 1 is 1.00 bits per heavy atom. The van der Waals surface area contributed by atoms with Gasteiger partial charge in [-0.05, 0) is 42.0 Å². The highest BCUT2D eigenvalue weighted by Gasteiger charge is 2.38. The van der Waals surface area contributed by atoms with E-state index in [2.05, 4.69) is 15.6 Å². The van der Waals surface area contributed by atoms with Crippen LogP contribution in [-0.4, -0.2) is 35.3 Å². The van der Waals surface area contributed by atoms with Gasteiger partial charge >= 0.3 is 12.1 Å². The Bertz CT molecular complexity index is 1030. The van der Waals surface area contributed by atoms with E-state index in [0.717, 1.165) is 22.7 Å². The number of methoxy groups -OCH3 is 1. The maximum Gasteiger partial charge on any atom is 0.490 e. The number of hydrogen-bond donors (Lipinski definition) is 3. The van der Waals surface area contributed by atoms with Gasteiger partial charge in [0.2, 0.25) is 0 Å². The number of amides is 1. The van der Waals surface area contributed by atoms with Crippen LogP contribution in [0.1, 0.15) is 16.1 Å². The lowest BCUT2D eigenvalue weighted by molar-refractivity contribution is -0.192. The number of hydrogen-bond acceptors (Lipinski definition) is 5. The Morgan fingerprint density at radius 3 is 2.19 bits per heavy atom. The van der Waals surface area contributed by atoms with E-state index in [1.54, 1.807) is 19.4 Å². The van der Waals surface area contributed by atoms with E-state index in [-0.39, 0.29) is 5.91 Å². The molecule has 3 N–H and O–H groups in total. The first-order valence-corrected chi connectivity index (χ1v) is 9.18. The smallest absolute Gasteiger partial charge is 0.490 e. The number of aliphatic carboxylic acids is 1. The highest BCUT2D eigenvalue weighted by atomic mass is 19.4. The molecule has 0 aliphatic heterocycles. The molecule has 32 heavy (non-hydrogen) atoms. The summed E-state index contributed by atoms with van der Waals surface area (Å²) in [5.74, 6) is -2.18. The van der Waals surface area contributed by atoms with Crippen molar-refractivity contribution >= 4 is 23.3 Å². The standard InChI is InChI=1S/C20H19N3O2.C2HF3O2/c1-25-18-9-7-15(8-10-18)14-22-20(24)19-13-17(11-12-21-19)23-16-5-3-2-4-6-16;3-2(4,5)1(6)7/h2-13H,14H2,1H3,(H,21,23)(H,22,24);(H,6,7). The van der Waals surface area contributed by atoms with Gasteiger partial charge in [0, 0.05) is 24.1 Å². The van der Waals surface area contributed by atoms with Crippen LogP contribution in [0.5, 0.6) is 5.75 Å². The molecule has 0 fully saturated rings. The zero-order chi connectivity index (χ0) is 23.6. The summed E-state index contributed by atoms with van der Waals surface area (Å²) in [7, 11) is 1.62. The normalized spacial score (nSPS) is 10.4. The Balaban J connectivity index is 0.000000451. The van der Waals surface area contributed by atoms with Crippen LogP contribution in [0.2, 0.25) is 0 Å². The summed E-state index contributed by atoms with van der Waals surface area (Å²) < 4.78 is 36.9. The molecule has 10 heteroatoms. The molecule has 0 saturated carbocycles. The lowest BCUT2D eigenvalue weighted by Gasteiger charge is -2.09. The van der Waals surface area contributed by atoms with Crippen LogP contribution in [0.3, 0.4) is 0 Å². The number of para-hydroxylation sites is 1. The number of pyridine rings is 1. The van der Waals surface area contributed by atoms with Gasteiger partial charge in [-0.25, -0.2) is 4.79 Å². The van der Waals surface area contributed by atoms with Crippen LogP contribution in [0.4, 0.5) is 24.5 Å². The van der Waals surface area contributed by atoms with E-state index in [0.29, 0.717) is 12.2 Å². The number of nitrogens with one attached hydrogen (secondary N) is 2. The van der Waals surface area contributed by atoms with Crippen molar-refractivity contribution in [3.63, 3.8) is 0 Å². The van der Waals surface area contributed by atoms with E-state index in [1.165, 1.54) is 0 Å². The topological polar surface area (TPSA) is 101 Å². The molecule has 0 radical (unpaired) electrons. The summed E-state index contributed by atoms with van der Waals surface area (Å²) in [4.78, 5) is 25.4. The quantitative estimate of drug-likeness (QED) is 0.518. The van der Waals surface area contributed by atoms with Crippen LogP contribution in [0.15, 0.2) is 72.9 Å². The second-order valence-corrected chi connectivity index (χ2v) is 6.25. The molecule has 0 bridgehead atoms. The fourth-order valence-electron chi connectivity index (χ4n) is 2.34. The minimum Gasteiger partial charge on any atom is -0.497 e. The summed E-state index contributed by atoms with van der Waals surface area (Å²) in [6, 6.07) is 20.9. The number of benzene rings is 2. The number of halogens is 3. The molecule has 7 nitrogen and oxygen atoms in total. The van der Waals surface area contributed by atoms with Gasteiger partial charge in [0.1, 0.15) is 11.4 Å². The molecule has 0 aliphatic carbocycles. The maximum absolute atomic E-state index is 12.3. The number of aromatic nitrogens is 1. The van der Waals surface area contributed by atoms with Gasteiger partial charge in [0.25, 0.3) is 5.91 Å². The number of alkyl halides is 3. The summed E-state index contributed by atoms with van der Waals surface area (Å²) >= 11 is 0. The fourth-order valence-corrected chi connectivity index (χ4v) is 2.34. The molecule has 0 saturated heterocycles. The molecule has 1 aromatic heterocycles. The molecule has 168 valence electrons. The van der Waals surface area contributed by atoms with E-state index in [9.17, 15) is 18.0 Å². The first kappa shape index (κ1) is 24.2. The zero-order valence-corrected chi connectivity index (χ0v) is 16.9. The van der Waals surface area contributed by atoms with E-state index < -0.39 is 12.1 Å². The third-order valence-corrected chi connectivity index (χ3v) is 3.91. The van der Waals surface area contributed by atoms with Gasteiger partial charge in [0.15, 0.2) is 0 Å². The molecule has 0 aliphatic rings. The van der Waals surface area contributed by atoms with Gasteiger partial charge in [0.05, 0.1) is 7.11 Å². The van der Waals surface area contributed by atoms with Crippen molar-refractivity contribution in [1.82, 2.24) is 10.3 Å². The SMILES string of the molecule is COc1ccc(CNC(=O)c2cc(Nc3ccccc3)ccn2)cc1.O=C(O)C(F)(F)F. The van der Waals surface area contributed by atoms with Crippen molar-refractivity contribution in [2.75, 3.05) is 12.4 Å². The molecule has 2 aromatic carbocycles.